The molecule has 30 heavy (non-hydrogen) atoms. The molecular formula is C20H19F6N3O. The average molecular weight is 431 g/mol. The van der Waals surface area contributed by atoms with E-state index in [9.17, 15) is 31.1 Å². The van der Waals surface area contributed by atoms with Crippen molar-refractivity contribution in [2.75, 3.05) is 36.4 Å². The Morgan fingerprint density at radius 2 is 1.53 bits per heavy atom. The van der Waals surface area contributed by atoms with Gasteiger partial charge >= 0.3 is 18.3 Å². The van der Waals surface area contributed by atoms with Crippen LogP contribution < -0.4 is 10.2 Å². The second kappa shape index (κ2) is 8.55. The number of anilines is 2. The lowest BCUT2D eigenvalue weighted by Crippen LogP contribution is -2.46. The number of hydrogen-bond acceptors (Lipinski definition) is 3. The van der Waals surface area contributed by atoms with E-state index in [0.717, 1.165) is 17.7 Å². The Balaban J connectivity index is 1.77. The van der Waals surface area contributed by atoms with Crippen LogP contribution in [-0.4, -0.2) is 43.2 Å². The van der Waals surface area contributed by atoms with Gasteiger partial charge in [0, 0.05) is 32.7 Å². The zero-order valence-electron chi connectivity index (χ0n) is 15.7. The normalized spacial score (nSPS) is 15.9. The average Bonchev–Trinajstić information content (AvgIpc) is 2.68. The van der Waals surface area contributed by atoms with Crippen LogP contribution in [0.15, 0.2) is 48.5 Å². The molecule has 0 saturated carbocycles. The molecule has 1 aliphatic heterocycles. The smallest absolute Gasteiger partial charge is 0.367 e. The van der Waals surface area contributed by atoms with Gasteiger partial charge in [-0.15, -0.1) is 0 Å². The number of carbonyl (C=O) groups excluding carboxylic acids is 1. The third kappa shape index (κ3) is 5.44. The summed E-state index contributed by atoms with van der Waals surface area (Å²) < 4.78 is 77.0. The van der Waals surface area contributed by atoms with Crippen LogP contribution in [0, 0.1) is 0 Å². The Hall–Kier alpha value is -2.75. The number of halogens is 6. The van der Waals surface area contributed by atoms with Crippen LogP contribution in [0.4, 0.5) is 37.7 Å². The van der Waals surface area contributed by atoms with Crippen molar-refractivity contribution >= 4 is 17.3 Å². The first-order chi connectivity index (χ1) is 14.0. The van der Waals surface area contributed by atoms with Gasteiger partial charge in [-0.3, -0.25) is 9.69 Å². The molecule has 0 spiro atoms. The van der Waals surface area contributed by atoms with Gasteiger partial charge in [-0.2, -0.15) is 26.3 Å². The van der Waals surface area contributed by atoms with Crippen molar-refractivity contribution in [3.63, 3.8) is 0 Å². The molecule has 162 valence electrons. The van der Waals surface area contributed by atoms with E-state index in [1.807, 2.05) is 30.3 Å². The van der Waals surface area contributed by atoms with Crippen LogP contribution >= 0.6 is 0 Å². The minimum Gasteiger partial charge on any atom is -0.367 e. The standard InChI is InChI=1S/C20H19F6N3O/c21-19(22,23)15-6-7-17(16(12-15)27-18(30)20(24,25)26)29-10-8-28(9-11-29)13-14-4-2-1-3-5-14/h1-7,12H,8-11,13H2,(H,27,30). The zero-order chi connectivity index (χ0) is 21.9. The number of piperazine rings is 1. The van der Waals surface area contributed by atoms with Crippen molar-refractivity contribution in [3.8, 4) is 0 Å². The summed E-state index contributed by atoms with van der Waals surface area (Å²) in [4.78, 5) is 15.2. The Morgan fingerprint density at radius 3 is 2.10 bits per heavy atom. The summed E-state index contributed by atoms with van der Waals surface area (Å²) in [6.07, 6.45) is -9.95. The third-order valence-electron chi connectivity index (χ3n) is 4.79. The molecule has 2 aromatic rings. The van der Waals surface area contributed by atoms with Gasteiger partial charge in [-0.25, -0.2) is 0 Å². The molecule has 0 aromatic heterocycles. The third-order valence-corrected chi connectivity index (χ3v) is 4.79. The van der Waals surface area contributed by atoms with Gasteiger partial charge in [-0.05, 0) is 23.8 Å². The molecule has 1 amide bonds. The fourth-order valence-corrected chi connectivity index (χ4v) is 3.27. The fourth-order valence-electron chi connectivity index (χ4n) is 3.27. The number of amides is 1. The number of nitrogens with zero attached hydrogens (tertiary/aromatic N) is 2. The van der Waals surface area contributed by atoms with E-state index >= 15 is 0 Å². The van der Waals surface area contributed by atoms with Gasteiger partial charge in [0.05, 0.1) is 16.9 Å². The number of carbonyl (C=O) groups is 1. The zero-order valence-corrected chi connectivity index (χ0v) is 15.7. The van der Waals surface area contributed by atoms with Gasteiger partial charge in [0.2, 0.25) is 0 Å². The van der Waals surface area contributed by atoms with Gasteiger partial charge in [0.1, 0.15) is 0 Å². The van der Waals surface area contributed by atoms with Crippen molar-refractivity contribution < 1.29 is 31.1 Å². The number of rotatable bonds is 4. The monoisotopic (exact) mass is 431 g/mol. The lowest BCUT2D eigenvalue weighted by atomic mass is 10.1. The minimum absolute atomic E-state index is 0.125. The molecule has 1 N–H and O–H groups in total. The topological polar surface area (TPSA) is 35.6 Å². The summed E-state index contributed by atoms with van der Waals surface area (Å²) in [6.45, 7) is 2.63. The van der Waals surface area contributed by atoms with Crippen LogP contribution in [-0.2, 0) is 17.5 Å². The molecule has 1 saturated heterocycles. The van der Waals surface area contributed by atoms with E-state index in [-0.39, 0.29) is 5.69 Å². The van der Waals surface area contributed by atoms with E-state index in [4.69, 9.17) is 0 Å². The molecule has 1 aliphatic rings. The molecule has 1 heterocycles. The van der Waals surface area contributed by atoms with Gasteiger partial charge in [-0.1, -0.05) is 30.3 Å². The maximum absolute atomic E-state index is 13.0. The first-order valence-electron chi connectivity index (χ1n) is 9.15. The summed E-state index contributed by atoms with van der Waals surface area (Å²) in [7, 11) is 0. The molecule has 0 bridgehead atoms. The number of alkyl halides is 6. The van der Waals surface area contributed by atoms with Crippen molar-refractivity contribution in [1.29, 1.82) is 0 Å². The van der Waals surface area contributed by atoms with Crippen LogP contribution in [0.1, 0.15) is 11.1 Å². The molecule has 0 radical (unpaired) electrons. The predicted octanol–water partition coefficient (Wildman–Crippen LogP) is 4.53. The number of hydrogen-bond donors (Lipinski definition) is 1. The largest absolute Gasteiger partial charge is 0.471 e. The maximum atomic E-state index is 13.0. The molecular weight excluding hydrogens is 412 g/mol. The molecule has 0 unspecified atom stereocenters. The second-order valence-corrected chi connectivity index (χ2v) is 6.93. The highest BCUT2D eigenvalue weighted by Crippen LogP contribution is 2.36. The maximum Gasteiger partial charge on any atom is 0.471 e. The lowest BCUT2D eigenvalue weighted by molar-refractivity contribution is -0.167. The number of benzene rings is 2. The van der Waals surface area contributed by atoms with Crippen molar-refractivity contribution in [2.24, 2.45) is 0 Å². The molecule has 4 nitrogen and oxygen atoms in total. The molecule has 10 heteroatoms. The van der Waals surface area contributed by atoms with Crippen molar-refractivity contribution in [3.05, 3.63) is 59.7 Å². The number of nitrogens with one attached hydrogen (secondary N) is 1. The van der Waals surface area contributed by atoms with Gasteiger partial charge in [0.15, 0.2) is 0 Å². The Kier molecular flexibility index (Phi) is 6.25. The first-order valence-corrected chi connectivity index (χ1v) is 9.15. The van der Waals surface area contributed by atoms with E-state index in [1.165, 1.54) is 0 Å². The van der Waals surface area contributed by atoms with Gasteiger partial charge < -0.3 is 10.2 Å². The van der Waals surface area contributed by atoms with E-state index in [2.05, 4.69) is 4.90 Å². The molecule has 2 aromatic carbocycles. The minimum atomic E-state index is -5.21. The molecule has 0 aliphatic carbocycles. The second-order valence-electron chi connectivity index (χ2n) is 6.93. The van der Waals surface area contributed by atoms with E-state index in [0.29, 0.717) is 38.8 Å². The van der Waals surface area contributed by atoms with Crippen molar-refractivity contribution in [2.45, 2.75) is 18.9 Å². The van der Waals surface area contributed by atoms with Crippen LogP contribution in [0.2, 0.25) is 0 Å². The molecule has 3 rings (SSSR count). The Morgan fingerprint density at radius 1 is 0.900 bits per heavy atom. The van der Waals surface area contributed by atoms with E-state index in [1.54, 1.807) is 10.2 Å². The van der Waals surface area contributed by atoms with Crippen molar-refractivity contribution in [1.82, 2.24) is 4.90 Å². The Bertz CT molecular complexity index is 874. The summed E-state index contributed by atoms with van der Waals surface area (Å²) in [6, 6.07) is 12.1. The summed E-state index contributed by atoms with van der Waals surface area (Å²) in [5.74, 6) is -2.31. The summed E-state index contributed by atoms with van der Waals surface area (Å²) >= 11 is 0. The fraction of sp³-hybridized carbons (Fsp3) is 0.350. The highest BCUT2D eigenvalue weighted by molar-refractivity contribution is 5.98. The van der Waals surface area contributed by atoms with Crippen LogP contribution in [0.25, 0.3) is 0 Å². The summed E-state index contributed by atoms with van der Waals surface area (Å²) in [5, 5.41) is 1.59. The first kappa shape index (κ1) is 21.9. The lowest BCUT2D eigenvalue weighted by Gasteiger charge is -2.37. The molecule has 1 fully saturated rings. The quantitative estimate of drug-likeness (QED) is 0.723. The highest BCUT2D eigenvalue weighted by Gasteiger charge is 2.40. The van der Waals surface area contributed by atoms with Crippen LogP contribution in [0.5, 0.6) is 0 Å². The van der Waals surface area contributed by atoms with Gasteiger partial charge in [0.25, 0.3) is 0 Å². The SMILES string of the molecule is O=C(Nc1cc(C(F)(F)F)ccc1N1CCN(Cc2ccccc2)CC1)C(F)(F)F. The predicted molar refractivity (Wildman–Crippen MR) is 100 cm³/mol. The summed E-state index contributed by atoms with van der Waals surface area (Å²) in [5.41, 5.74) is -0.409. The molecule has 0 atom stereocenters. The van der Waals surface area contributed by atoms with Crippen LogP contribution in [0.3, 0.4) is 0 Å². The Labute approximate surface area is 169 Å². The highest BCUT2D eigenvalue weighted by atomic mass is 19.4. The van der Waals surface area contributed by atoms with E-state index < -0.39 is 29.5 Å².